The highest BCUT2D eigenvalue weighted by Crippen LogP contribution is 2.30. The SMILES string of the molecule is Cc1c(C(=O)c2sc(Nc3ccc(S(N)(=O)=O)cc3)nc2N)ncn1C. The van der Waals surface area contributed by atoms with E-state index in [0.29, 0.717) is 16.5 Å². The summed E-state index contributed by atoms with van der Waals surface area (Å²) in [6.45, 7) is 1.80. The number of anilines is 3. The van der Waals surface area contributed by atoms with E-state index in [1.807, 2.05) is 0 Å². The molecule has 0 amide bonds. The summed E-state index contributed by atoms with van der Waals surface area (Å²) in [5, 5.41) is 8.45. The number of sulfonamides is 1. The molecule has 136 valence electrons. The molecule has 3 aromatic rings. The molecule has 0 atom stereocenters. The number of ketones is 1. The molecule has 1 aromatic carbocycles. The van der Waals surface area contributed by atoms with Crippen LogP contribution >= 0.6 is 11.3 Å². The molecule has 0 unspecified atom stereocenters. The first-order valence-corrected chi connectivity index (χ1v) is 9.72. The number of aryl methyl sites for hydroxylation is 1. The number of thiazole rings is 1. The summed E-state index contributed by atoms with van der Waals surface area (Å²) in [6.07, 6.45) is 1.56. The van der Waals surface area contributed by atoms with E-state index in [9.17, 15) is 13.2 Å². The number of primary sulfonamides is 1. The third-order valence-electron chi connectivity index (χ3n) is 3.74. The lowest BCUT2D eigenvalue weighted by Gasteiger charge is -2.03. The molecule has 0 spiro atoms. The van der Waals surface area contributed by atoms with Crippen LogP contribution in [-0.4, -0.2) is 28.7 Å². The molecule has 0 fully saturated rings. The Hall–Kier alpha value is -2.76. The Labute approximate surface area is 153 Å². The van der Waals surface area contributed by atoms with Gasteiger partial charge in [-0.3, -0.25) is 4.79 Å². The number of imidazole rings is 1. The Kier molecular flexibility index (Phi) is 4.52. The zero-order valence-corrected chi connectivity index (χ0v) is 15.6. The Balaban J connectivity index is 1.84. The Morgan fingerprint density at radius 1 is 1.27 bits per heavy atom. The molecular weight excluding hydrogens is 376 g/mol. The fourth-order valence-electron chi connectivity index (χ4n) is 2.22. The summed E-state index contributed by atoms with van der Waals surface area (Å²) >= 11 is 1.10. The lowest BCUT2D eigenvalue weighted by Crippen LogP contribution is -2.11. The summed E-state index contributed by atoms with van der Waals surface area (Å²) in [6, 6.07) is 5.83. The second kappa shape index (κ2) is 6.52. The molecule has 2 aromatic heterocycles. The van der Waals surface area contributed by atoms with Crippen LogP contribution in [0.4, 0.5) is 16.6 Å². The van der Waals surface area contributed by atoms with E-state index in [0.717, 1.165) is 17.0 Å². The van der Waals surface area contributed by atoms with Crippen LogP contribution in [0.15, 0.2) is 35.5 Å². The molecule has 3 rings (SSSR count). The van der Waals surface area contributed by atoms with E-state index in [2.05, 4.69) is 15.3 Å². The number of carbonyl (C=O) groups excluding carboxylic acids is 1. The normalized spacial score (nSPS) is 11.5. The fraction of sp³-hybridized carbons (Fsp3) is 0.133. The van der Waals surface area contributed by atoms with Crippen LogP contribution in [0.5, 0.6) is 0 Å². The number of nitrogen functional groups attached to an aromatic ring is 1. The monoisotopic (exact) mass is 392 g/mol. The average Bonchev–Trinajstić information content (AvgIpc) is 3.10. The molecule has 0 bridgehead atoms. The minimum atomic E-state index is -3.75. The van der Waals surface area contributed by atoms with Gasteiger partial charge in [0.2, 0.25) is 15.8 Å². The summed E-state index contributed by atoms with van der Waals surface area (Å²) in [7, 11) is -1.95. The molecule has 0 radical (unpaired) electrons. The van der Waals surface area contributed by atoms with E-state index >= 15 is 0 Å². The van der Waals surface area contributed by atoms with Gasteiger partial charge < -0.3 is 15.6 Å². The van der Waals surface area contributed by atoms with Crippen LogP contribution in [0, 0.1) is 6.92 Å². The van der Waals surface area contributed by atoms with Gasteiger partial charge in [-0.05, 0) is 31.2 Å². The number of nitrogens with two attached hydrogens (primary N) is 2. The van der Waals surface area contributed by atoms with Crippen LogP contribution in [0.3, 0.4) is 0 Å². The number of aromatic nitrogens is 3. The van der Waals surface area contributed by atoms with Crippen LogP contribution in [0.2, 0.25) is 0 Å². The first kappa shape index (κ1) is 18.0. The fourth-order valence-corrected chi connectivity index (χ4v) is 3.58. The van der Waals surface area contributed by atoms with Crippen molar-refractivity contribution in [1.29, 1.82) is 0 Å². The molecule has 2 heterocycles. The van der Waals surface area contributed by atoms with Crippen LogP contribution in [0.25, 0.3) is 0 Å². The van der Waals surface area contributed by atoms with Gasteiger partial charge in [-0.25, -0.2) is 23.5 Å². The number of rotatable bonds is 5. The number of hydrogen-bond donors (Lipinski definition) is 3. The lowest BCUT2D eigenvalue weighted by atomic mass is 10.2. The van der Waals surface area contributed by atoms with Crippen molar-refractivity contribution in [3.8, 4) is 0 Å². The van der Waals surface area contributed by atoms with Gasteiger partial charge in [0.25, 0.3) is 0 Å². The zero-order chi connectivity index (χ0) is 19.1. The standard InChI is InChI=1S/C15H16N6O3S2/c1-8-11(18-7-21(8)2)12(22)13-14(16)20-15(25-13)19-9-3-5-10(6-4-9)26(17,23)24/h3-7H,16H2,1-2H3,(H,19,20)(H2,17,23,24). The number of nitrogens with zero attached hydrogens (tertiary/aromatic N) is 3. The molecule has 5 N–H and O–H groups in total. The van der Waals surface area contributed by atoms with Gasteiger partial charge in [-0.1, -0.05) is 11.3 Å². The van der Waals surface area contributed by atoms with Gasteiger partial charge >= 0.3 is 0 Å². The first-order valence-electron chi connectivity index (χ1n) is 7.35. The molecule has 9 nitrogen and oxygen atoms in total. The number of benzene rings is 1. The molecule has 0 saturated carbocycles. The molecule has 0 aliphatic heterocycles. The van der Waals surface area contributed by atoms with E-state index in [4.69, 9.17) is 10.9 Å². The second-order valence-electron chi connectivity index (χ2n) is 5.55. The first-order chi connectivity index (χ1) is 12.2. The highest BCUT2D eigenvalue weighted by atomic mass is 32.2. The van der Waals surface area contributed by atoms with Gasteiger partial charge in [0.15, 0.2) is 5.13 Å². The predicted molar refractivity (Wildman–Crippen MR) is 99.0 cm³/mol. The predicted octanol–water partition coefficient (Wildman–Crippen LogP) is 1.39. The van der Waals surface area contributed by atoms with Crippen molar-refractivity contribution in [1.82, 2.24) is 14.5 Å². The molecule has 0 saturated heterocycles. The molecule has 11 heteroatoms. The second-order valence-corrected chi connectivity index (χ2v) is 8.11. The van der Waals surface area contributed by atoms with Gasteiger partial charge in [0, 0.05) is 18.4 Å². The van der Waals surface area contributed by atoms with Crippen LogP contribution in [-0.2, 0) is 17.1 Å². The molecule has 0 aliphatic rings. The van der Waals surface area contributed by atoms with Crippen LogP contribution < -0.4 is 16.2 Å². The largest absolute Gasteiger partial charge is 0.382 e. The van der Waals surface area contributed by atoms with Crippen molar-refractivity contribution in [3.63, 3.8) is 0 Å². The van der Waals surface area contributed by atoms with E-state index in [-0.39, 0.29) is 21.4 Å². The third kappa shape index (κ3) is 3.45. The maximum atomic E-state index is 12.6. The highest BCUT2D eigenvalue weighted by molar-refractivity contribution is 7.89. The maximum absolute atomic E-state index is 12.6. The van der Waals surface area contributed by atoms with Gasteiger partial charge in [0.05, 0.1) is 11.2 Å². The van der Waals surface area contributed by atoms with Crippen molar-refractivity contribution in [3.05, 3.63) is 46.9 Å². The highest BCUT2D eigenvalue weighted by Gasteiger charge is 2.22. The number of nitrogens with one attached hydrogen (secondary N) is 1. The smallest absolute Gasteiger partial charge is 0.238 e. The van der Waals surface area contributed by atoms with Crippen molar-refractivity contribution in [2.24, 2.45) is 12.2 Å². The summed E-state index contributed by atoms with van der Waals surface area (Å²) in [4.78, 5) is 21.2. The van der Waals surface area contributed by atoms with Crippen LogP contribution in [0.1, 0.15) is 21.1 Å². The zero-order valence-electron chi connectivity index (χ0n) is 13.9. The van der Waals surface area contributed by atoms with E-state index in [1.165, 1.54) is 12.1 Å². The Bertz CT molecular complexity index is 1080. The molecule has 0 aliphatic carbocycles. The minimum absolute atomic E-state index is 0.00296. The van der Waals surface area contributed by atoms with Crippen molar-refractivity contribution < 1.29 is 13.2 Å². The molecular formula is C15H16N6O3S2. The summed E-state index contributed by atoms with van der Waals surface area (Å²) < 4.78 is 24.3. The van der Waals surface area contributed by atoms with Crippen molar-refractivity contribution >= 4 is 43.8 Å². The maximum Gasteiger partial charge on any atom is 0.238 e. The van der Waals surface area contributed by atoms with Gasteiger partial charge in [0.1, 0.15) is 16.4 Å². The summed E-state index contributed by atoms with van der Waals surface area (Å²) in [5.74, 6) is -0.190. The van der Waals surface area contributed by atoms with Gasteiger partial charge in [-0.15, -0.1) is 0 Å². The van der Waals surface area contributed by atoms with Crippen molar-refractivity contribution in [2.75, 3.05) is 11.1 Å². The quantitative estimate of drug-likeness (QED) is 0.556. The molecule has 26 heavy (non-hydrogen) atoms. The summed E-state index contributed by atoms with van der Waals surface area (Å²) in [5.41, 5.74) is 7.52. The minimum Gasteiger partial charge on any atom is -0.382 e. The Morgan fingerprint density at radius 2 is 1.92 bits per heavy atom. The number of carbonyl (C=O) groups is 1. The average molecular weight is 392 g/mol. The third-order valence-corrected chi connectivity index (χ3v) is 5.66. The number of hydrogen-bond acceptors (Lipinski definition) is 8. The lowest BCUT2D eigenvalue weighted by molar-refractivity contribution is 0.103. The topological polar surface area (TPSA) is 146 Å². The van der Waals surface area contributed by atoms with E-state index in [1.54, 1.807) is 37.0 Å². The van der Waals surface area contributed by atoms with E-state index < -0.39 is 10.0 Å². The van der Waals surface area contributed by atoms with Crippen molar-refractivity contribution in [2.45, 2.75) is 11.8 Å². The van der Waals surface area contributed by atoms with Gasteiger partial charge in [-0.2, -0.15) is 0 Å². The Morgan fingerprint density at radius 3 is 2.46 bits per heavy atom.